The molecule has 0 unspecified atom stereocenters. The Kier molecular flexibility index (Phi) is 4.59. The molecule has 0 saturated carbocycles. The molecule has 0 bridgehead atoms. The van der Waals surface area contributed by atoms with Crippen LogP contribution in [-0.2, 0) is 14.3 Å². The number of Topliss-reactive ketones (excluding diaryl/α,β-unsaturated/α-hetero) is 1. The van der Waals surface area contributed by atoms with E-state index in [-0.39, 0.29) is 16.5 Å². The number of hydrogen-bond acceptors (Lipinski definition) is 4. The van der Waals surface area contributed by atoms with E-state index >= 15 is 0 Å². The summed E-state index contributed by atoms with van der Waals surface area (Å²) < 4.78 is 4.04. The predicted molar refractivity (Wildman–Crippen MR) is 83.8 cm³/mol. The van der Waals surface area contributed by atoms with Crippen molar-refractivity contribution in [1.29, 1.82) is 0 Å². The van der Waals surface area contributed by atoms with Gasteiger partial charge in [-0.1, -0.05) is 20.8 Å². The first-order chi connectivity index (χ1) is 8.99. The van der Waals surface area contributed by atoms with Crippen LogP contribution in [-0.4, -0.2) is 28.4 Å². The summed E-state index contributed by atoms with van der Waals surface area (Å²) in [6.07, 6.45) is 0. The molecule has 4 heteroatoms. The zero-order valence-electron chi connectivity index (χ0n) is 13.6. The molecule has 0 aromatic heterocycles. The minimum absolute atomic E-state index is 0.0223. The summed E-state index contributed by atoms with van der Waals surface area (Å²) in [6, 6.07) is 0. The molecule has 0 saturated heterocycles. The van der Waals surface area contributed by atoms with Gasteiger partial charge in [0.25, 0.3) is 0 Å². The van der Waals surface area contributed by atoms with Crippen LogP contribution in [0.2, 0.25) is 0 Å². The molecule has 112 valence electrons. The number of allylic oxidation sites excluding steroid dienone is 2. The van der Waals surface area contributed by atoms with Gasteiger partial charge in [-0.25, -0.2) is 4.79 Å². The quantitative estimate of drug-likeness (QED) is 0.729. The molecule has 0 aromatic carbocycles. The standard InChI is InChI=1S/C16H24O3S/c1-9-11(3)16(14(18)19-8,20-15(5,6)7)12(4)10(2)13(9)17/h1-8H3. The molecule has 0 N–H and O–H groups in total. The average Bonchev–Trinajstić information content (AvgIpc) is 2.37. The van der Waals surface area contributed by atoms with Crippen molar-refractivity contribution in [3.8, 4) is 0 Å². The summed E-state index contributed by atoms with van der Waals surface area (Å²) in [5.74, 6) is -0.285. The summed E-state index contributed by atoms with van der Waals surface area (Å²) in [5, 5.41) is 0. The third-order valence-corrected chi connectivity index (χ3v) is 5.49. The second-order valence-corrected chi connectivity index (χ2v) is 8.26. The maximum absolute atomic E-state index is 12.6. The van der Waals surface area contributed by atoms with E-state index in [1.54, 1.807) is 25.6 Å². The zero-order valence-corrected chi connectivity index (χ0v) is 14.4. The molecule has 0 radical (unpaired) electrons. The van der Waals surface area contributed by atoms with Gasteiger partial charge in [-0.2, -0.15) is 0 Å². The number of ether oxygens (including phenoxy) is 1. The van der Waals surface area contributed by atoms with Crippen LogP contribution in [0.25, 0.3) is 0 Å². The molecule has 3 nitrogen and oxygen atoms in total. The van der Waals surface area contributed by atoms with Crippen LogP contribution in [0.1, 0.15) is 48.5 Å². The SMILES string of the molecule is COC(=O)C1(SC(C)(C)C)C(C)=C(C)C(=O)C(C)=C1C. The number of rotatable bonds is 2. The molecule has 0 fully saturated rings. The lowest BCUT2D eigenvalue weighted by molar-refractivity contribution is -0.141. The van der Waals surface area contributed by atoms with E-state index in [2.05, 4.69) is 20.8 Å². The maximum atomic E-state index is 12.6. The predicted octanol–water partition coefficient (Wildman–Crippen LogP) is 3.69. The van der Waals surface area contributed by atoms with Crippen molar-refractivity contribution in [3.05, 3.63) is 22.3 Å². The van der Waals surface area contributed by atoms with Gasteiger partial charge >= 0.3 is 5.97 Å². The van der Waals surface area contributed by atoms with Crippen LogP contribution in [0.5, 0.6) is 0 Å². The van der Waals surface area contributed by atoms with Crippen LogP contribution in [0, 0.1) is 0 Å². The fourth-order valence-corrected chi connectivity index (χ4v) is 4.23. The number of esters is 1. The van der Waals surface area contributed by atoms with Gasteiger partial charge in [0.05, 0.1) is 7.11 Å². The summed E-state index contributed by atoms with van der Waals surface area (Å²) in [6.45, 7) is 13.5. The first-order valence-electron chi connectivity index (χ1n) is 6.68. The lowest BCUT2D eigenvalue weighted by Crippen LogP contribution is -2.45. The molecule has 0 aromatic rings. The highest BCUT2D eigenvalue weighted by molar-refractivity contribution is 8.03. The highest BCUT2D eigenvalue weighted by Crippen LogP contribution is 2.51. The Bertz CT molecular complexity index is 490. The Morgan fingerprint density at radius 2 is 1.45 bits per heavy atom. The van der Waals surface area contributed by atoms with Crippen molar-refractivity contribution in [2.45, 2.75) is 58.0 Å². The highest BCUT2D eigenvalue weighted by Gasteiger charge is 2.51. The van der Waals surface area contributed by atoms with Gasteiger partial charge in [0, 0.05) is 4.75 Å². The van der Waals surface area contributed by atoms with Crippen LogP contribution in [0.15, 0.2) is 22.3 Å². The molecular formula is C16H24O3S. The first kappa shape index (κ1) is 17.0. The molecule has 0 aliphatic heterocycles. The topological polar surface area (TPSA) is 43.4 Å². The van der Waals surface area contributed by atoms with Crippen molar-refractivity contribution in [3.63, 3.8) is 0 Å². The monoisotopic (exact) mass is 296 g/mol. The summed E-state index contributed by atoms with van der Waals surface area (Å²) >= 11 is 1.54. The Labute approximate surface area is 125 Å². The lowest BCUT2D eigenvalue weighted by Gasteiger charge is -2.41. The van der Waals surface area contributed by atoms with E-state index < -0.39 is 4.75 Å². The van der Waals surface area contributed by atoms with Crippen molar-refractivity contribution < 1.29 is 14.3 Å². The maximum Gasteiger partial charge on any atom is 0.330 e. The van der Waals surface area contributed by atoms with E-state index in [4.69, 9.17) is 4.74 Å². The number of carbonyl (C=O) groups excluding carboxylic acids is 2. The van der Waals surface area contributed by atoms with Gasteiger partial charge in [0.2, 0.25) is 0 Å². The van der Waals surface area contributed by atoms with Gasteiger partial charge in [-0.3, -0.25) is 4.79 Å². The minimum Gasteiger partial charge on any atom is -0.467 e. The highest BCUT2D eigenvalue weighted by atomic mass is 32.2. The number of thioether (sulfide) groups is 1. The smallest absolute Gasteiger partial charge is 0.330 e. The van der Waals surface area contributed by atoms with Crippen LogP contribution in [0.3, 0.4) is 0 Å². The zero-order chi connectivity index (χ0) is 15.9. The van der Waals surface area contributed by atoms with E-state index in [0.29, 0.717) is 11.1 Å². The second kappa shape index (κ2) is 5.40. The average molecular weight is 296 g/mol. The Hall–Kier alpha value is -1.03. The third-order valence-electron chi connectivity index (χ3n) is 3.79. The van der Waals surface area contributed by atoms with Crippen molar-refractivity contribution in [2.24, 2.45) is 0 Å². The molecule has 0 heterocycles. The fourth-order valence-electron chi connectivity index (χ4n) is 2.54. The van der Waals surface area contributed by atoms with Gasteiger partial charge in [-0.15, -0.1) is 11.8 Å². The largest absolute Gasteiger partial charge is 0.467 e. The van der Waals surface area contributed by atoms with Gasteiger partial charge in [-0.05, 0) is 50.0 Å². The molecule has 0 spiro atoms. The Morgan fingerprint density at radius 1 is 1.05 bits per heavy atom. The van der Waals surface area contributed by atoms with Gasteiger partial charge < -0.3 is 4.74 Å². The number of hydrogen-bond donors (Lipinski definition) is 0. The van der Waals surface area contributed by atoms with Gasteiger partial charge in [0.15, 0.2) is 10.5 Å². The second-order valence-electron chi connectivity index (χ2n) is 6.22. The van der Waals surface area contributed by atoms with E-state index in [0.717, 1.165) is 11.1 Å². The lowest BCUT2D eigenvalue weighted by atomic mass is 9.78. The molecule has 0 atom stereocenters. The number of ketones is 1. The Morgan fingerprint density at radius 3 is 1.75 bits per heavy atom. The van der Waals surface area contributed by atoms with Crippen LogP contribution >= 0.6 is 11.8 Å². The Balaban J connectivity index is 3.65. The fraction of sp³-hybridized carbons (Fsp3) is 0.625. The molecule has 1 aliphatic rings. The molecule has 1 aliphatic carbocycles. The normalized spacial score (nSPS) is 19.5. The van der Waals surface area contributed by atoms with E-state index in [1.165, 1.54) is 7.11 Å². The van der Waals surface area contributed by atoms with E-state index in [9.17, 15) is 9.59 Å². The van der Waals surface area contributed by atoms with E-state index in [1.807, 2.05) is 13.8 Å². The number of carbonyl (C=O) groups is 2. The summed E-state index contributed by atoms with van der Waals surface area (Å²) in [4.78, 5) is 24.8. The van der Waals surface area contributed by atoms with Crippen molar-refractivity contribution in [1.82, 2.24) is 0 Å². The van der Waals surface area contributed by atoms with Crippen molar-refractivity contribution in [2.75, 3.05) is 7.11 Å². The van der Waals surface area contributed by atoms with Crippen LogP contribution in [0.4, 0.5) is 0 Å². The first-order valence-corrected chi connectivity index (χ1v) is 7.50. The third kappa shape index (κ3) is 2.58. The van der Waals surface area contributed by atoms with Crippen molar-refractivity contribution >= 4 is 23.5 Å². The minimum atomic E-state index is -0.894. The molecule has 1 rings (SSSR count). The number of methoxy groups -OCH3 is 1. The van der Waals surface area contributed by atoms with Gasteiger partial charge in [0.1, 0.15) is 0 Å². The summed E-state index contributed by atoms with van der Waals surface area (Å²) in [7, 11) is 1.40. The van der Waals surface area contributed by atoms with Crippen LogP contribution < -0.4 is 0 Å². The molecule has 0 amide bonds. The summed E-state index contributed by atoms with van der Waals surface area (Å²) in [5.41, 5.74) is 2.88. The molecule has 20 heavy (non-hydrogen) atoms. The molecular weight excluding hydrogens is 272 g/mol.